The molecule has 0 radical (unpaired) electrons. The molecule has 1 aliphatic carbocycles. The molecular weight excluding hydrogens is 282 g/mol. The van der Waals surface area contributed by atoms with Gasteiger partial charge < -0.3 is 14.7 Å². The Kier molecular flexibility index (Phi) is 4.59. The van der Waals surface area contributed by atoms with E-state index in [-0.39, 0.29) is 18.1 Å². The molecule has 2 aliphatic rings. The summed E-state index contributed by atoms with van der Waals surface area (Å²) in [6, 6.07) is 3.74. The summed E-state index contributed by atoms with van der Waals surface area (Å²) < 4.78 is 5.01. The lowest BCUT2D eigenvalue weighted by Gasteiger charge is -2.39. The van der Waals surface area contributed by atoms with Crippen LogP contribution in [0.4, 0.5) is 0 Å². The van der Waals surface area contributed by atoms with E-state index in [1.165, 1.54) is 0 Å². The third-order valence-corrected chi connectivity index (χ3v) is 4.71. The number of ether oxygens (including phenoxy) is 1. The highest BCUT2D eigenvalue weighted by atomic mass is 16.5. The van der Waals surface area contributed by atoms with Crippen molar-refractivity contribution in [1.29, 1.82) is 0 Å². The van der Waals surface area contributed by atoms with Gasteiger partial charge in [-0.1, -0.05) is 0 Å². The van der Waals surface area contributed by atoms with Gasteiger partial charge in [-0.25, -0.2) is 4.98 Å². The minimum Gasteiger partial charge on any atom is -0.481 e. The second-order valence-corrected chi connectivity index (χ2v) is 5.98. The number of amides is 1. The molecule has 2 heterocycles. The summed E-state index contributed by atoms with van der Waals surface area (Å²) in [5.74, 6) is 0.526. The fourth-order valence-corrected chi connectivity index (χ4v) is 3.41. The van der Waals surface area contributed by atoms with Crippen molar-refractivity contribution in [1.82, 2.24) is 14.8 Å². The first kappa shape index (κ1) is 15.2. The zero-order valence-electron chi connectivity index (χ0n) is 12.9. The Morgan fingerprint density at radius 1 is 1.27 bits per heavy atom. The van der Waals surface area contributed by atoms with Gasteiger partial charge in [0, 0.05) is 44.5 Å². The molecule has 1 aliphatic heterocycles. The standard InChI is InChI=1S/C16H23N3O3/c1-22-15-6-5-12(11-17-15)16(21)19-9-7-18(8-10-19)13-3-2-4-14(13)20/h5-6,11,13-14,20H,2-4,7-10H2,1H3/t13-,14-/m1/s1. The minimum absolute atomic E-state index is 0.0155. The van der Waals surface area contributed by atoms with Crippen LogP contribution in [-0.2, 0) is 0 Å². The van der Waals surface area contributed by atoms with Crippen molar-refractivity contribution in [2.24, 2.45) is 0 Å². The second-order valence-electron chi connectivity index (χ2n) is 5.98. The van der Waals surface area contributed by atoms with E-state index >= 15 is 0 Å². The number of piperazine rings is 1. The van der Waals surface area contributed by atoms with Gasteiger partial charge in [0.25, 0.3) is 5.91 Å². The molecule has 0 bridgehead atoms. The highest BCUT2D eigenvalue weighted by Gasteiger charge is 2.33. The third-order valence-electron chi connectivity index (χ3n) is 4.71. The highest BCUT2D eigenvalue weighted by Crippen LogP contribution is 2.25. The van der Waals surface area contributed by atoms with E-state index < -0.39 is 0 Å². The fourth-order valence-electron chi connectivity index (χ4n) is 3.41. The molecule has 22 heavy (non-hydrogen) atoms. The van der Waals surface area contributed by atoms with Crippen molar-refractivity contribution in [3.8, 4) is 5.88 Å². The maximum Gasteiger partial charge on any atom is 0.255 e. The van der Waals surface area contributed by atoms with Gasteiger partial charge in [0.15, 0.2) is 0 Å². The molecule has 1 aromatic heterocycles. The Hall–Kier alpha value is -1.66. The summed E-state index contributed by atoms with van der Waals surface area (Å²) in [5, 5.41) is 10.0. The summed E-state index contributed by atoms with van der Waals surface area (Å²) in [6.07, 6.45) is 4.43. The van der Waals surface area contributed by atoms with Gasteiger partial charge >= 0.3 is 0 Å². The Morgan fingerprint density at radius 3 is 2.59 bits per heavy atom. The molecule has 1 N–H and O–H groups in total. The Bertz CT molecular complexity index is 512. The molecule has 2 atom stereocenters. The van der Waals surface area contributed by atoms with Gasteiger partial charge in [-0.05, 0) is 25.3 Å². The van der Waals surface area contributed by atoms with Gasteiger partial charge in [-0.15, -0.1) is 0 Å². The lowest BCUT2D eigenvalue weighted by atomic mass is 10.1. The lowest BCUT2D eigenvalue weighted by molar-refractivity contribution is 0.0315. The Morgan fingerprint density at radius 2 is 2.05 bits per heavy atom. The van der Waals surface area contributed by atoms with Crippen molar-refractivity contribution >= 4 is 5.91 Å². The molecule has 1 saturated carbocycles. The van der Waals surface area contributed by atoms with E-state index in [1.807, 2.05) is 4.90 Å². The van der Waals surface area contributed by atoms with E-state index in [2.05, 4.69) is 9.88 Å². The molecule has 2 fully saturated rings. The van der Waals surface area contributed by atoms with Crippen LogP contribution in [0.2, 0.25) is 0 Å². The summed E-state index contributed by atoms with van der Waals surface area (Å²) in [7, 11) is 1.56. The molecule has 0 spiro atoms. The summed E-state index contributed by atoms with van der Waals surface area (Å²) in [6.45, 7) is 3.07. The minimum atomic E-state index is -0.201. The van der Waals surface area contributed by atoms with Crippen LogP contribution in [0.1, 0.15) is 29.6 Å². The number of aromatic nitrogens is 1. The molecule has 0 unspecified atom stereocenters. The molecule has 3 rings (SSSR count). The van der Waals surface area contributed by atoms with Crippen LogP contribution in [0, 0.1) is 0 Å². The predicted molar refractivity (Wildman–Crippen MR) is 81.9 cm³/mol. The fraction of sp³-hybridized carbons (Fsp3) is 0.625. The quantitative estimate of drug-likeness (QED) is 0.893. The molecular formula is C16H23N3O3. The molecule has 120 valence electrons. The second kappa shape index (κ2) is 6.62. The number of carbonyl (C=O) groups excluding carboxylic acids is 1. The first-order chi connectivity index (χ1) is 10.7. The van der Waals surface area contributed by atoms with Crippen LogP contribution in [0.5, 0.6) is 5.88 Å². The van der Waals surface area contributed by atoms with Crippen LogP contribution in [0.3, 0.4) is 0 Å². The van der Waals surface area contributed by atoms with Gasteiger partial charge in [0.05, 0.1) is 18.8 Å². The summed E-state index contributed by atoms with van der Waals surface area (Å²) >= 11 is 0. The Balaban J connectivity index is 1.57. The number of aliphatic hydroxyl groups is 1. The van der Waals surface area contributed by atoms with Crippen molar-refractivity contribution < 1.29 is 14.6 Å². The largest absolute Gasteiger partial charge is 0.481 e. The topological polar surface area (TPSA) is 65.9 Å². The summed E-state index contributed by atoms with van der Waals surface area (Å²) in [4.78, 5) is 20.7. The Labute approximate surface area is 130 Å². The van der Waals surface area contributed by atoms with Gasteiger partial charge in [0.1, 0.15) is 0 Å². The number of aliphatic hydroxyl groups excluding tert-OH is 1. The van der Waals surface area contributed by atoms with Crippen molar-refractivity contribution in [2.75, 3.05) is 33.3 Å². The number of rotatable bonds is 3. The van der Waals surface area contributed by atoms with Gasteiger partial charge in [-0.3, -0.25) is 9.69 Å². The molecule has 1 amide bonds. The van der Waals surface area contributed by atoms with E-state index in [9.17, 15) is 9.90 Å². The van der Waals surface area contributed by atoms with Crippen LogP contribution in [0.25, 0.3) is 0 Å². The number of carbonyl (C=O) groups is 1. The smallest absolute Gasteiger partial charge is 0.255 e. The van der Waals surface area contributed by atoms with Crippen LogP contribution in [0.15, 0.2) is 18.3 Å². The van der Waals surface area contributed by atoms with Crippen molar-refractivity contribution in [3.05, 3.63) is 23.9 Å². The summed E-state index contributed by atoms with van der Waals surface area (Å²) in [5.41, 5.74) is 0.593. The van der Waals surface area contributed by atoms with Crippen LogP contribution >= 0.6 is 0 Å². The first-order valence-corrected chi connectivity index (χ1v) is 7.90. The molecule has 1 saturated heterocycles. The van der Waals surface area contributed by atoms with Gasteiger partial charge in [0.2, 0.25) is 5.88 Å². The van der Waals surface area contributed by atoms with E-state index in [0.717, 1.165) is 32.4 Å². The van der Waals surface area contributed by atoms with E-state index in [0.29, 0.717) is 24.5 Å². The van der Waals surface area contributed by atoms with Crippen LogP contribution in [-0.4, -0.2) is 71.2 Å². The zero-order valence-corrected chi connectivity index (χ0v) is 12.9. The first-order valence-electron chi connectivity index (χ1n) is 7.90. The number of nitrogens with zero attached hydrogens (tertiary/aromatic N) is 3. The van der Waals surface area contributed by atoms with Crippen LogP contribution < -0.4 is 4.74 Å². The zero-order chi connectivity index (χ0) is 15.5. The van der Waals surface area contributed by atoms with E-state index in [4.69, 9.17) is 4.74 Å². The SMILES string of the molecule is COc1ccc(C(=O)N2CCN([C@@H]3CCC[C@H]3O)CC2)cn1. The number of hydrogen-bond donors (Lipinski definition) is 1. The van der Waals surface area contributed by atoms with Crippen molar-refractivity contribution in [2.45, 2.75) is 31.4 Å². The number of pyridine rings is 1. The number of hydrogen-bond acceptors (Lipinski definition) is 5. The average Bonchev–Trinajstić information content (AvgIpc) is 3.00. The van der Waals surface area contributed by atoms with Crippen molar-refractivity contribution in [3.63, 3.8) is 0 Å². The van der Waals surface area contributed by atoms with E-state index in [1.54, 1.807) is 25.4 Å². The lowest BCUT2D eigenvalue weighted by Crippen LogP contribution is -2.53. The van der Waals surface area contributed by atoms with Gasteiger partial charge in [-0.2, -0.15) is 0 Å². The molecule has 6 heteroatoms. The molecule has 1 aromatic rings. The maximum atomic E-state index is 12.5. The molecule has 6 nitrogen and oxygen atoms in total. The highest BCUT2D eigenvalue weighted by molar-refractivity contribution is 5.94. The third kappa shape index (κ3) is 3.08. The normalized spacial score (nSPS) is 26.2. The maximum absolute atomic E-state index is 12.5. The predicted octanol–water partition coefficient (Wildman–Crippen LogP) is 0.761. The number of methoxy groups -OCH3 is 1. The molecule has 0 aromatic carbocycles. The average molecular weight is 305 g/mol. The monoisotopic (exact) mass is 305 g/mol.